The van der Waals surface area contributed by atoms with Crippen molar-refractivity contribution in [3.8, 4) is 5.75 Å². The number of nitrogens with zero attached hydrogens (tertiary/aromatic N) is 1. The summed E-state index contributed by atoms with van der Waals surface area (Å²) >= 11 is 0. The summed E-state index contributed by atoms with van der Waals surface area (Å²) in [7, 11) is 0. The third-order valence-corrected chi connectivity index (χ3v) is 6.22. The number of benzene rings is 3. The lowest BCUT2D eigenvalue weighted by Gasteiger charge is -2.18. The van der Waals surface area contributed by atoms with Gasteiger partial charge in [0.1, 0.15) is 11.3 Å². The minimum absolute atomic E-state index is 0.252. The third kappa shape index (κ3) is 5.66. The lowest BCUT2D eigenvalue weighted by molar-refractivity contribution is 0.596. The maximum atomic E-state index is 6.73. The normalized spacial score (nSPS) is 10.7. The molecule has 0 bridgehead atoms. The quantitative estimate of drug-likeness (QED) is 0.187. The Morgan fingerprint density at radius 2 is 1.41 bits per heavy atom. The minimum Gasteiger partial charge on any atom is -0.550 e. The average Bonchev–Trinajstić information content (AvgIpc) is 2.90. The van der Waals surface area contributed by atoms with E-state index >= 15 is 0 Å². The number of fused-ring (bicyclic) bond motifs is 1. The number of unbranched alkanes of at least 4 members (excludes halogenated alkanes) is 3. The zero-order valence-corrected chi connectivity index (χ0v) is 20.0. The molecule has 3 aromatic carbocycles. The highest BCUT2D eigenvalue weighted by Crippen LogP contribution is 2.25. The lowest BCUT2D eigenvalue weighted by atomic mass is 9.55. The van der Waals surface area contributed by atoms with Crippen molar-refractivity contribution in [1.82, 2.24) is 4.98 Å². The second kappa shape index (κ2) is 11.5. The van der Waals surface area contributed by atoms with Crippen molar-refractivity contribution in [2.45, 2.75) is 39.0 Å². The van der Waals surface area contributed by atoms with E-state index in [4.69, 9.17) is 9.64 Å². The molecule has 0 radical (unpaired) electrons. The van der Waals surface area contributed by atoms with Gasteiger partial charge in [0.25, 0.3) is 0 Å². The van der Waals surface area contributed by atoms with Gasteiger partial charge in [0.15, 0.2) is 0 Å². The van der Waals surface area contributed by atoms with Crippen LogP contribution in [0.5, 0.6) is 5.75 Å². The third-order valence-electron chi connectivity index (χ3n) is 6.22. The van der Waals surface area contributed by atoms with E-state index in [9.17, 15) is 0 Å². The largest absolute Gasteiger partial charge is 0.550 e. The molecule has 0 fully saturated rings. The molecule has 1 heterocycles. The van der Waals surface area contributed by atoms with Crippen LogP contribution in [0.25, 0.3) is 23.1 Å². The van der Waals surface area contributed by atoms with Crippen molar-refractivity contribution >= 4 is 40.9 Å². The molecular weight excluding hydrogens is 413 g/mol. The van der Waals surface area contributed by atoms with Gasteiger partial charge in [-0.05, 0) is 47.0 Å². The van der Waals surface area contributed by atoms with Crippen LogP contribution in [0.2, 0.25) is 0 Å². The summed E-state index contributed by atoms with van der Waals surface area (Å²) in [6.07, 6.45) is 9.65. The summed E-state index contributed by atoms with van der Waals surface area (Å²) in [5.41, 5.74) is 6.40. The number of aromatic nitrogens is 1. The second-order valence-corrected chi connectivity index (χ2v) is 8.68. The monoisotopic (exact) mass is 445 g/mol. The number of pyridine rings is 1. The fraction of sp³-hybridized carbons (Fsp3) is 0.194. The fourth-order valence-electron chi connectivity index (χ4n) is 4.20. The van der Waals surface area contributed by atoms with E-state index in [1.165, 1.54) is 25.7 Å². The molecule has 0 unspecified atom stereocenters. The second-order valence-electron chi connectivity index (χ2n) is 8.68. The summed E-state index contributed by atoms with van der Waals surface area (Å²) in [6.45, 7) is 9.74. The summed E-state index contributed by atoms with van der Waals surface area (Å²) in [5, 5.41) is 1.09. The topological polar surface area (TPSA) is 22.1 Å². The molecule has 3 heteroatoms. The van der Waals surface area contributed by atoms with Gasteiger partial charge in [-0.3, -0.25) is 0 Å². The Bertz CT molecular complexity index is 1190. The van der Waals surface area contributed by atoms with Crippen molar-refractivity contribution in [1.29, 1.82) is 0 Å². The highest BCUT2D eigenvalue weighted by molar-refractivity contribution is 6.80. The molecule has 0 saturated carbocycles. The maximum Gasteiger partial charge on any atom is 0.426 e. The molecule has 0 N–H and O–H groups in total. The molecule has 2 nitrogen and oxygen atoms in total. The van der Waals surface area contributed by atoms with E-state index in [2.05, 4.69) is 86.8 Å². The van der Waals surface area contributed by atoms with E-state index in [0.717, 1.165) is 50.8 Å². The van der Waals surface area contributed by atoms with Crippen LogP contribution < -0.4 is 15.6 Å². The Balaban J connectivity index is 1.69. The lowest BCUT2D eigenvalue weighted by Crippen LogP contribution is -2.47. The van der Waals surface area contributed by atoms with Crippen molar-refractivity contribution in [2.75, 3.05) is 0 Å². The van der Waals surface area contributed by atoms with Gasteiger partial charge in [0.2, 0.25) is 0 Å². The molecule has 4 rings (SSSR count). The van der Waals surface area contributed by atoms with Gasteiger partial charge in [-0.15, -0.1) is 0 Å². The molecule has 0 atom stereocenters. The van der Waals surface area contributed by atoms with Crippen LogP contribution in [0.1, 0.15) is 49.4 Å². The molecular formula is C31H32BNO. The van der Waals surface area contributed by atoms with Gasteiger partial charge < -0.3 is 4.65 Å². The van der Waals surface area contributed by atoms with E-state index in [1.807, 2.05) is 24.3 Å². The molecule has 0 saturated heterocycles. The van der Waals surface area contributed by atoms with Gasteiger partial charge >= 0.3 is 6.92 Å². The summed E-state index contributed by atoms with van der Waals surface area (Å²) in [4.78, 5) is 5.02. The van der Waals surface area contributed by atoms with Gasteiger partial charge in [0, 0.05) is 11.1 Å². The van der Waals surface area contributed by atoms with Crippen LogP contribution in [-0.2, 0) is 6.42 Å². The average molecular weight is 445 g/mol. The van der Waals surface area contributed by atoms with Crippen molar-refractivity contribution in [3.63, 3.8) is 0 Å². The van der Waals surface area contributed by atoms with Crippen molar-refractivity contribution in [2.24, 2.45) is 0 Å². The highest BCUT2D eigenvalue weighted by Gasteiger charge is 2.24. The first-order valence-electron chi connectivity index (χ1n) is 12.2. The first kappa shape index (κ1) is 23.6. The molecule has 0 amide bonds. The van der Waals surface area contributed by atoms with E-state index in [0.29, 0.717) is 0 Å². The van der Waals surface area contributed by atoms with Crippen LogP contribution in [0.3, 0.4) is 0 Å². The Morgan fingerprint density at radius 3 is 2.00 bits per heavy atom. The summed E-state index contributed by atoms with van der Waals surface area (Å²) in [5.74, 6) is 0.804. The van der Waals surface area contributed by atoms with Gasteiger partial charge in [-0.1, -0.05) is 118 Å². The Kier molecular flexibility index (Phi) is 7.98. The van der Waals surface area contributed by atoms with E-state index in [1.54, 1.807) is 0 Å². The van der Waals surface area contributed by atoms with Gasteiger partial charge in [-0.25, -0.2) is 4.98 Å². The maximum absolute atomic E-state index is 6.73. The Morgan fingerprint density at radius 1 is 0.765 bits per heavy atom. The number of aryl methyl sites for hydroxylation is 1. The number of hydrogen-bond donors (Lipinski definition) is 0. The highest BCUT2D eigenvalue weighted by atomic mass is 16.4. The van der Waals surface area contributed by atoms with E-state index < -0.39 is 0 Å². The summed E-state index contributed by atoms with van der Waals surface area (Å²) < 4.78 is 6.73. The first-order valence-corrected chi connectivity index (χ1v) is 12.2. The smallest absolute Gasteiger partial charge is 0.426 e. The first-order chi connectivity index (χ1) is 16.7. The van der Waals surface area contributed by atoms with Crippen LogP contribution >= 0.6 is 0 Å². The molecule has 0 aliphatic carbocycles. The zero-order chi connectivity index (χ0) is 23.8. The van der Waals surface area contributed by atoms with Crippen molar-refractivity contribution < 1.29 is 4.65 Å². The van der Waals surface area contributed by atoms with Crippen LogP contribution in [0.15, 0.2) is 92.0 Å². The fourth-order valence-corrected chi connectivity index (χ4v) is 4.20. The zero-order valence-electron chi connectivity index (χ0n) is 20.0. The molecule has 0 aliphatic heterocycles. The van der Waals surface area contributed by atoms with Crippen LogP contribution in [0.4, 0.5) is 0 Å². The number of hydrogen-bond acceptors (Lipinski definition) is 2. The van der Waals surface area contributed by atoms with Gasteiger partial charge in [-0.2, -0.15) is 0 Å². The predicted molar refractivity (Wildman–Crippen MR) is 148 cm³/mol. The minimum atomic E-state index is -0.252. The molecule has 0 spiro atoms. The molecule has 170 valence electrons. The molecule has 0 aliphatic rings. The van der Waals surface area contributed by atoms with E-state index in [-0.39, 0.29) is 6.92 Å². The van der Waals surface area contributed by atoms with Crippen LogP contribution in [-0.4, -0.2) is 11.9 Å². The molecule has 1 aromatic heterocycles. The molecule has 4 aromatic rings. The van der Waals surface area contributed by atoms with Crippen molar-refractivity contribution in [3.05, 3.63) is 109 Å². The standard InChI is InChI=1S/C31H32BNO/c1-4-7-8-9-12-29-23-18-26-11-10-13-30(31(26)33-29)34-32(27-19-14-24(5-2)15-20-27)28-21-16-25(6-3)17-22-28/h5-6,10-11,13-23H,2-4,7-9,12H2,1H3. The predicted octanol–water partition coefficient (Wildman–Crippen LogP) is 6.83. The summed E-state index contributed by atoms with van der Waals surface area (Å²) in [6, 6.07) is 27.2. The molecule has 34 heavy (non-hydrogen) atoms. The Labute approximate surface area is 204 Å². The number of rotatable bonds is 11. The SMILES string of the molecule is C=Cc1ccc(B(Oc2cccc3ccc(CCCCCC)nc23)c2ccc(C=C)cc2)cc1. The van der Waals surface area contributed by atoms with Gasteiger partial charge in [0.05, 0.1) is 0 Å². The number of para-hydroxylation sites is 1. The van der Waals surface area contributed by atoms with Crippen LogP contribution in [0, 0.1) is 0 Å². The Hall–Kier alpha value is -3.59.